The molecule has 0 unspecified atom stereocenters. The van der Waals surface area contributed by atoms with Gasteiger partial charge in [0.05, 0.1) is 30.0 Å². The van der Waals surface area contributed by atoms with Crippen LogP contribution in [0, 0.1) is 26.7 Å². The number of carbonyl (C=O) groups excluding carboxylic acids is 2. The zero-order valence-corrected chi connectivity index (χ0v) is 18.1. The number of nitrogens with one attached hydrogen (secondary N) is 2. The highest BCUT2D eigenvalue weighted by atomic mass is 16.2. The van der Waals surface area contributed by atoms with Gasteiger partial charge in [0.1, 0.15) is 0 Å². The Bertz CT molecular complexity index is 926. The summed E-state index contributed by atoms with van der Waals surface area (Å²) in [6.07, 6.45) is 6.66. The summed E-state index contributed by atoms with van der Waals surface area (Å²) in [6, 6.07) is 4.00. The third kappa shape index (κ3) is 5.14. The van der Waals surface area contributed by atoms with Crippen LogP contribution >= 0.6 is 0 Å². The molecule has 30 heavy (non-hydrogen) atoms. The molecular formula is C23H31N5O2. The lowest BCUT2D eigenvalue weighted by atomic mass is 9.85. The van der Waals surface area contributed by atoms with Crippen molar-refractivity contribution >= 4 is 11.8 Å². The number of nitrogens with zero attached hydrogens (tertiary/aromatic N) is 3. The number of carbonyl (C=O) groups is 2. The summed E-state index contributed by atoms with van der Waals surface area (Å²) < 4.78 is 1.79. The smallest absolute Gasteiger partial charge is 0.255 e. The second-order valence-electron chi connectivity index (χ2n) is 8.08. The third-order valence-corrected chi connectivity index (χ3v) is 5.76. The van der Waals surface area contributed by atoms with Gasteiger partial charge in [-0.05, 0) is 64.2 Å². The normalized spacial score (nSPS) is 18.6. The van der Waals surface area contributed by atoms with Crippen LogP contribution in [0.25, 0.3) is 0 Å². The van der Waals surface area contributed by atoms with E-state index in [2.05, 4.69) is 27.3 Å². The first-order valence-electron chi connectivity index (χ1n) is 10.5. The first-order valence-corrected chi connectivity index (χ1v) is 10.5. The molecule has 1 fully saturated rings. The molecule has 1 aliphatic carbocycles. The van der Waals surface area contributed by atoms with Crippen molar-refractivity contribution in [3.8, 4) is 0 Å². The van der Waals surface area contributed by atoms with E-state index >= 15 is 0 Å². The fourth-order valence-electron chi connectivity index (χ4n) is 4.10. The molecular weight excluding hydrogens is 378 g/mol. The Morgan fingerprint density at radius 1 is 1.23 bits per heavy atom. The highest BCUT2D eigenvalue weighted by molar-refractivity contribution is 5.96. The summed E-state index contributed by atoms with van der Waals surface area (Å²) in [6.45, 7) is 10.5. The topological polar surface area (TPSA) is 88.9 Å². The number of aryl methyl sites for hydroxylation is 2. The summed E-state index contributed by atoms with van der Waals surface area (Å²) >= 11 is 0. The number of hydrogen-bond donors (Lipinski definition) is 2. The second-order valence-corrected chi connectivity index (χ2v) is 8.08. The maximum atomic E-state index is 12.8. The number of rotatable bonds is 7. The van der Waals surface area contributed by atoms with Crippen LogP contribution in [0.15, 0.2) is 31.0 Å². The minimum absolute atomic E-state index is 0.0122. The molecule has 0 radical (unpaired) electrons. The van der Waals surface area contributed by atoms with Crippen molar-refractivity contribution in [2.24, 2.45) is 5.92 Å². The van der Waals surface area contributed by atoms with Crippen molar-refractivity contribution < 1.29 is 9.59 Å². The second kappa shape index (κ2) is 9.69. The van der Waals surface area contributed by atoms with Gasteiger partial charge >= 0.3 is 0 Å². The molecule has 0 bridgehead atoms. The van der Waals surface area contributed by atoms with Gasteiger partial charge in [0.25, 0.3) is 5.91 Å². The van der Waals surface area contributed by atoms with E-state index in [9.17, 15) is 9.59 Å². The first-order chi connectivity index (χ1) is 14.4. The Hall–Kier alpha value is -2.96. The van der Waals surface area contributed by atoms with Gasteiger partial charge in [-0.2, -0.15) is 5.10 Å². The van der Waals surface area contributed by atoms with Crippen LogP contribution in [0.3, 0.4) is 0 Å². The van der Waals surface area contributed by atoms with E-state index in [0.29, 0.717) is 18.7 Å². The Balaban J connectivity index is 1.49. The molecule has 1 aliphatic rings. The van der Waals surface area contributed by atoms with Crippen molar-refractivity contribution in [1.82, 2.24) is 25.4 Å². The van der Waals surface area contributed by atoms with Crippen molar-refractivity contribution in [2.75, 3.05) is 0 Å². The summed E-state index contributed by atoms with van der Waals surface area (Å²) in [5, 5.41) is 10.6. The standard InChI is InChI=1S/C23H31N5O2/c1-5-12-28-17(4)21(16(3)27-28)23(30)26-19-8-6-18(7-9-19)22(29)25-14-20-13-15(2)10-11-24-20/h5,10-11,13,18-19H,1,6-9,12,14H2,2-4H3,(H,25,29)(H,26,30). The van der Waals surface area contributed by atoms with Crippen LogP contribution in [0.4, 0.5) is 0 Å². The van der Waals surface area contributed by atoms with Crippen LogP contribution < -0.4 is 10.6 Å². The predicted octanol–water partition coefficient (Wildman–Crippen LogP) is 2.99. The molecule has 0 aromatic carbocycles. The van der Waals surface area contributed by atoms with Crippen LogP contribution in [0.2, 0.25) is 0 Å². The third-order valence-electron chi connectivity index (χ3n) is 5.76. The molecule has 2 aromatic rings. The van der Waals surface area contributed by atoms with E-state index in [0.717, 1.165) is 48.3 Å². The number of allylic oxidation sites excluding steroid dienone is 1. The Morgan fingerprint density at radius 2 is 1.97 bits per heavy atom. The van der Waals surface area contributed by atoms with Gasteiger partial charge in [-0.25, -0.2) is 0 Å². The average Bonchev–Trinajstić information content (AvgIpc) is 3.00. The lowest BCUT2D eigenvalue weighted by Gasteiger charge is -2.28. The van der Waals surface area contributed by atoms with Gasteiger partial charge in [0.15, 0.2) is 0 Å². The van der Waals surface area contributed by atoms with Gasteiger partial charge in [-0.15, -0.1) is 6.58 Å². The molecule has 0 aliphatic heterocycles. The van der Waals surface area contributed by atoms with Gasteiger partial charge in [0, 0.05) is 23.9 Å². The lowest BCUT2D eigenvalue weighted by molar-refractivity contribution is -0.126. The maximum absolute atomic E-state index is 12.8. The van der Waals surface area contributed by atoms with Gasteiger partial charge in [-0.1, -0.05) is 6.08 Å². The van der Waals surface area contributed by atoms with Crippen molar-refractivity contribution in [2.45, 2.75) is 65.6 Å². The average molecular weight is 410 g/mol. The monoisotopic (exact) mass is 409 g/mol. The number of aromatic nitrogens is 3. The molecule has 2 aromatic heterocycles. The van der Waals surface area contributed by atoms with E-state index in [-0.39, 0.29) is 23.8 Å². The summed E-state index contributed by atoms with van der Waals surface area (Å²) in [4.78, 5) is 29.6. The SMILES string of the molecule is C=CCn1nc(C)c(C(=O)NC2CCC(C(=O)NCc3cc(C)ccn3)CC2)c1C. The van der Waals surface area contributed by atoms with Crippen molar-refractivity contribution in [1.29, 1.82) is 0 Å². The summed E-state index contributed by atoms with van der Waals surface area (Å²) in [5.41, 5.74) is 4.22. The van der Waals surface area contributed by atoms with Gasteiger partial charge < -0.3 is 10.6 Å². The van der Waals surface area contributed by atoms with Crippen LogP contribution in [0.5, 0.6) is 0 Å². The molecule has 160 valence electrons. The first kappa shape index (κ1) is 21.7. The molecule has 0 atom stereocenters. The minimum atomic E-state index is -0.0845. The summed E-state index contributed by atoms with van der Waals surface area (Å²) in [5.74, 6) is -0.0269. The fraction of sp³-hybridized carbons (Fsp3) is 0.478. The van der Waals surface area contributed by atoms with Crippen molar-refractivity contribution in [3.05, 3.63) is 59.2 Å². The summed E-state index contributed by atoms with van der Waals surface area (Å²) in [7, 11) is 0. The Labute approximate surface area is 178 Å². The molecule has 7 nitrogen and oxygen atoms in total. The molecule has 2 N–H and O–H groups in total. The molecule has 0 spiro atoms. The van der Waals surface area contributed by atoms with E-state index in [1.807, 2.05) is 32.9 Å². The van der Waals surface area contributed by atoms with Gasteiger partial charge in [0.2, 0.25) is 5.91 Å². The van der Waals surface area contributed by atoms with Gasteiger partial charge in [-0.3, -0.25) is 19.3 Å². The van der Waals surface area contributed by atoms with E-state index in [4.69, 9.17) is 0 Å². The zero-order chi connectivity index (χ0) is 21.7. The quantitative estimate of drug-likeness (QED) is 0.688. The fourth-order valence-corrected chi connectivity index (χ4v) is 4.10. The number of pyridine rings is 1. The minimum Gasteiger partial charge on any atom is -0.350 e. The van der Waals surface area contributed by atoms with E-state index in [1.165, 1.54) is 0 Å². The highest BCUT2D eigenvalue weighted by Crippen LogP contribution is 2.25. The molecule has 2 heterocycles. The molecule has 0 saturated heterocycles. The lowest BCUT2D eigenvalue weighted by Crippen LogP contribution is -2.41. The molecule has 7 heteroatoms. The Morgan fingerprint density at radius 3 is 2.63 bits per heavy atom. The maximum Gasteiger partial charge on any atom is 0.255 e. The van der Waals surface area contributed by atoms with Crippen LogP contribution in [0.1, 0.15) is 58.7 Å². The molecule has 2 amide bonds. The number of hydrogen-bond acceptors (Lipinski definition) is 4. The zero-order valence-electron chi connectivity index (χ0n) is 18.1. The van der Waals surface area contributed by atoms with Crippen LogP contribution in [-0.2, 0) is 17.9 Å². The van der Waals surface area contributed by atoms with Crippen molar-refractivity contribution in [3.63, 3.8) is 0 Å². The largest absolute Gasteiger partial charge is 0.350 e. The van der Waals surface area contributed by atoms with E-state index < -0.39 is 0 Å². The van der Waals surface area contributed by atoms with Crippen LogP contribution in [-0.4, -0.2) is 32.6 Å². The molecule has 3 rings (SSSR count). The molecule has 1 saturated carbocycles. The predicted molar refractivity (Wildman–Crippen MR) is 116 cm³/mol. The van der Waals surface area contributed by atoms with E-state index in [1.54, 1.807) is 17.0 Å². The number of amides is 2. The Kier molecular flexibility index (Phi) is 7.03. The highest BCUT2D eigenvalue weighted by Gasteiger charge is 2.28.